The van der Waals surface area contributed by atoms with E-state index in [4.69, 9.17) is 0 Å². The zero-order chi connectivity index (χ0) is 13.4. The van der Waals surface area contributed by atoms with E-state index in [1.165, 1.54) is 18.1 Å². The molecule has 98 valence electrons. The van der Waals surface area contributed by atoms with Crippen LogP contribution >= 0.6 is 0 Å². The lowest BCUT2D eigenvalue weighted by molar-refractivity contribution is -0.118. The molecule has 0 radical (unpaired) electrons. The topological polar surface area (TPSA) is 29.1 Å². The Labute approximate surface area is 110 Å². The summed E-state index contributed by atoms with van der Waals surface area (Å²) in [7, 11) is 0. The molecule has 0 saturated carbocycles. The Morgan fingerprint density at radius 1 is 1.28 bits per heavy atom. The average molecular weight is 245 g/mol. The van der Waals surface area contributed by atoms with Crippen molar-refractivity contribution in [3.05, 3.63) is 41.5 Å². The maximum Gasteiger partial charge on any atom is 0.216 e. The minimum absolute atomic E-state index is 0.0291. The van der Waals surface area contributed by atoms with Gasteiger partial charge in [-0.3, -0.25) is 4.79 Å². The predicted octanol–water partition coefficient (Wildman–Crippen LogP) is 3.42. The zero-order valence-electron chi connectivity index (χ0n) is 11.6. The van der Waals surface area contributed by atoms with E-state index in [-0.39, 0.29) is 5.91 Å². The lowest BCUT2D eigenvalue weighted by Gasteiger charge is -2.04. The van der Waals surface area contributed by atoms with E-state index in [9.17, 15) is 4.79 Å². The molecule has 1 aromatic carbocycles. The van der Waals surface area contributed by atoms with Gasteiger partial charge in [0.15, 0.2) is 0 Å². The molecule has 0 unspecified atom stereocenters. The number of amides is 1. The number of benzene rings is 1. The van der Waals surface area contributed by atoms with Crippen LogP contribution in [-0.2, 0) is 11.2 Å². The zero-order valence-corrected chi connectivity index (χ0v) is 11.6. The largest absolute Gasteiger partial charge is 0.356 e. The van der Waals surface area contributed by atoms with Crippen molar-refractivity contribution in [2.45, 2.75) is 33.6 Å². The van der Waals surface area contributed by atoms with Crippen LogP contribution in [0.3, 0.4) is 0 Å². The first-order valence-corrected chi connectivity index (χ1v) is 6.58. The van der Waals surface area contributed by atoms with E-state index < -0.39 is 0 Å². The fourth-order valence-electron chi connectivity index (χ4n) is 1.79. The summed E-state index contributed by atoms with van der Waals surface area (Å²) < 4.78 is 0. The molecule has 1 amide bonds. The van der Waals surface area contributed by atoms with Gasteiger partial charge < -0.3 is 5.32 Å². The first-order chi connectivity index (χ1) is 8.58. The van der Waals surface area contributed by atoms with Crippen LogP contribution in [0.2, 0.25) is 0 Å². The highest BCUT2D eigenvalue weighted by Gasteiger charge is 1.96. The fraction of sp³-hybridized carbons (Fsp3) is 0.438. The average Bonchev–Trinajstić information content (AvgIpc) is 2.30. The van der Waals surface area contributed by atoms with Crippen molar-refractivity contribution >= 4 is 12.0 Å². The predicted molar refractivity (Wildman–Crippen MR) is 77.3 cm³/mol. The van der Waals surface area contributed by atoms with Crippen LogP contribution in [0.1, 0.15) is 38.3 Å². The van der Waals surface area contributed by atoms with Gasteiger partial charge in [0.25, 0.3) is 0 Å². The summed E-state index contributed by atoms with van der Waals surface area (Å²) in [6.07, 6.45) is 6.19. The van der Waals surface area contributed by atoms with E-state index in [0.717, 1.165) is 12.8 Å². The van der Waals surface area contributed by atoms with Crippen LogP contribution in [0.5, 0.6) is 0 Å². The number of nitrogens with one attached hydrogen (secondary N) is 1. The molecule has 1 N–H and O–H groups in total. The molecule has 0 aliphatic heterocycles. The van der Waals surface area contributed by atoms with E-state index >= 15 is 0 Å². The minimum Gasteiger partial charge on any atom is -0.356 e. The highest BCUT2D eigenvalue weighted by molar-refractivity contribution is 5.72. The molecule has 0 bridgehead atoms. The molecule has 0 atom stereocenters. The third-order valence-electron chi connectivity index (χ3n) is 2.62. The molecule has 0 heterocycles. The van der Waals surface area contributed by atoms with Gasteiger partial charge in [0.1, 0.15) is 0 Å². The molecule has 0 fully saturated rings. The number of carbonyl (C=O) groups is 1. The Morgan fingerprint density at radius 3 is 2.50 bits per heavy atom. The maximum absolute atomic E-state index is 10.7. The van der Waals surface area contributed by atoms with Crippen molar-refractivity contribution in [3.8, 4) is 0 Å². The van der Waals surface area contributed by atoms with Gasteiger partial charge >= 0.3 is 0 Å². The first kappa shape index (κ1) is 14.5. The summed E-state index contributed by atoms with van der Waals surface area (Å²) in [5.74, 6) is 0.727. The molecule has 18 heavy (non-hydrogen) atoms. The van der Waals surface area contributed by atoms with Crippen molar-refractivity contribution in [2.24, 2.45) is 5.92 Å². The number of rotatable bonds is 6. The molecule has 2 nitrogen and oxygen atoms in total. The SMILES string of the molecule is CC(=O)NCCC=Cc1ccc(CC(C)C)cc1. The normalized spacial score (nSPS) is 11.1. The standard InChI is InChI=1S/C16H23NO/c1-13(2)12-16-9-7-15(8-10-16)6-4-5-11-17-14(3)18/h4,6-10,13H,5,11-12H2,1-3H3,(H,17,18). The molecule has 0 saturated heterocycles. The molecule has 0 aliphatic carbocycles. The van der Waals surface area contributed by atoms with Gasteiger partial charge in [0, 0.05) is 13.5 Å². The molecular formula is C16H23NO. The molecule has 1 aromatic rings. The first-order valence-electron chi connectivity index (χ1n) is 6.58. The molecular weight excluding hydrogens is 222 g/mol. The Bertz CT molecular complexity index is 390. The summed E-state index contributed by atoms with van der Waals surface area (Å²) in [4.78, 5) is 10.7. The van der Waals surface area contributed by atoms with Gasteiger partial charge in [-0.25, -0.2) is 0 Å². The quantitative estimate of drug-likeness (QED) is 0.764. The second-order valence-electron chi connectivity index (χ2n) is 5.01. The number of carbonyl (C=O) groups excluding carboxylic acids is 1. The van der Waals surface area contributed by atoms with Crippen molar-refractivity contribution < 1.29 is 4.79 Å². The highest BCUT2D eigenvalue weighted by Crippen LogP contribution is 2.10. The van der Waals surface area contributed by atoms with Crippen molar-refractivity contribution in [2.75, 3.05) is 6.54 Å². The van der Waals surface area contributed by atoms with Crippen molar-refractivity contribution in [1.29, 1.82) is 0 Å². The Balaban J connectivity index is 2.38. The third-order valence-corrected chi connectivity index (χ3v) is 2.62. The summed E-state index contributed by atoms with van der Waals surface area (Å²) in [6.45, 7) is 6.71. The van der Waals surface area contributed by atoms with Crippen molar-refractivity contribution in [3.63, 3.8) is 0 Å². The van der Waals surface area contributed by atoms with Crippen LogP contribution in [0.15, 0.2) is 30.3 Å². The summed E-state index contributed by atoms with van der Waals surface area (Å²) in [5.41, 5.74) is 2.60. The van der Waals surface area contributed by atoms with Crippen LogP contribution in [0.4, 0.5) is 0 Å². The summed E-state index contributed by atoms with van der Waals surface area (Å²) in [5, 5.41) is 2.77. The van der Waals surface area contributed by atoms with Crippen LogP contribution in [0.25, 0.3) is 6.08 Å². The third kappa shape index (κ3) is 6.24. The second-order valence-corrected chi connectivity index (χ2v) is 5.01. The lowest BCUT2D eigenvalue weighted by Crippen LogP contribution is -2.20. The number of hydrogen-bond donors (Lipinski definition) is 1. The summed E-state index contributed by atoms with van der Waals surface area (Å²) in [6, 6.07) is 8.67. The van der Waals surface area contributed by atoms with Gasteiger partial charge in [-0.1, -0.05) is 50.3 Å². The molecule has 1 rings (SSSR count). The van der Waals surface area contributed by atoms with E-state index in [0.29, 0.717) is 12.5 Å². The van der Waals surface area contributed by atoms with E-state index in [2.05, 4.69) is 55.6 Å². The van der Waals surface area contributed by atoms with Gasteiger partial charge in [0.2, 0.25) is 5.91 Å². The minimum atomic E-state index is 0.0291. The van der Waals surface area contributed by atoms with E-state index in [1.807, 2.05) is 0 Å². The van der Waals surface area contributed by atoms with Gasteiger partial charge in [0.05, 0.1) is 0 Å². The molecule has 0 aliphatic rings. The monoisotopic (exact) mass is 245 g/mol. The maximum atomic E-state index is 10.7. The smallest absolute Gasteiger partial charge is 0.216 e. The van der Waals surface area contributed by atoms with Crippen LogP contribution in [0, 0.1) is 5.92 Å². The Morgan fingerprint density at radius 2 is 1.94 bits per heavy atom. The van der Waals surface area contributed by atoms with Gasteiger partial charge in [-0.2, -0.15) is 0 Å². The molecule has 0 aromatic heterocycles. The Kier molecular flexibility index (Phi) is 6.20. The lowest BCUT2D eigenvalue weighted by atomic mass is 10.0. The van der Waals surface area contributed by atoms with Crippen LogP contribution in [-0.4, -0.2) is 12.5 Å². The number of hydrogen-bond acceptors (Lipinski definition) is 1. The van der Waals surface area contributed by atoms with Gasteiger partial charge in [-0.05, 0) is 29.9 Å². The van der Waals surface area contributed by atoms with Crippen LogP contribution < -0.4 is 5.32 Å². The van der Waals surface area contributed by atoms with E-state index in [1.54, 1.807) is 0 Å². The fourth-order valence-corrected chi connectivity index (χ4v) is 1.79. The Hall–Kier alpha value is -1.57. The second kappa shape index (κ2) is 7.70. The summed E-state index contributed by atoms with van der Waals surface area (Å²) >= 11 is 0. The van der Waals surface area contributed by atoms with Crippen molar-refractivity contribution in [1.82, 2.24) is 5.32 Å². The molecule has 0 spiro atoms. The van der Waals surface area contributed by atoms with Gasteiger partial charge in [-0.15, -0.1) is 0 Å². The molecule has 2 heteroatoms. The highest BCUT2D eigenvalue weighted by atomic mass is 16.1.